The molecule has 0 fully saturated rings. The summed E-state index contributed by atoms with van der Waals surface area (Å²) < 4.78 is 29.1. The third-order valence-corrected chi connectivity index (χ3v) is 9.75. The van der Waals surface area contributed by atoms with Gasteiger partial charge in [-0.1, -0.05) is 71.0 Å². The Morgan fingerprint density at radius 3 is 0.968 bits per heavy atom. The van der Waals surface area contributed by atoms with Crippen LogP contribution in [-0.2, 0) is 26.6 Å². The van der Waals surface area contributed by atoms with Crippen LogP contribution in [0.15, 0.2) is 60.7 Å². The molecule has 0 unspecified atom stereocenters. The predicted octanol–water partition coefficient (Wildman–Crippen LogP) is 0.880. The number of hydrogen-bond acceptors (Lipinski definition) is 6. The molecule has 0 aliphatic carbocycles. The van der Waals surface area contributed by atoms with Gasteiger partial charge in [-0.05, 0) is 11.1 Å². The maximum atomic E-state index is 5.08. The second-order valence-corrected chi connectivity index (χ2v) is 13.0. The number of hydrogen-bond donors (Lipinski definition) is 0. The first-order chi connectivity index (χ1) is 14.9. The smallest absolute Gasteiger partial charge is 0.367 e. The Labute approximate surface area is 191 Å². The Kier molecular flexibility index (Phi) is 15.5. The third kappa shape index (κ3) is 10.7. The normalized spacial score (nSPS) is 10.5. The molecule has 0 aliphatic heterocycles. The van der Waals surface area contributed by atoms with Crippen LogP contribution in [0.25, 0.3) is 0 Å². The lowest BCUT2D eigenvalue weighted by Crippen LogP contribution is -2.41. The summed E-state index contributed by atoms with van der Waals surface area (Å²) in [4.78, 5) is 0. The maximum absolute atomic E-state index is 5.08. The van der Waals surface area contributed by atoms with E-state index < -0.39 is 17.6 Å². The molecular weight excluding hydrogens is 444 g/mol. The first-order valence-electron chi connectivity index (χ1n) is 9.28. The van der Waals surface area contributed by atoms with Crippen molar-refractivity contribution < 1.29 is 26.6 Å². The van der Waals surface area contributed by atoms with E-state index in [1.165, 1.54) is 53.0 Å². The van der Waals surface area contributed by atoms with Crippen molar-refractivity contribution in [1.29, 1.82) is 0 Å². The molecule has 2 rings (SSSR count). The van der Waals surface area contributed by atoms with Crippen LogP contribution in [0.4, 0.5) is 0 Å². The van der Waals surface area contributed by atoms with Gasteiger partial charge in [-0.25, -0.2) is 0 Å². The van der Waals surface area contributed by atoms with Gasteiger partial charge < -0.3 is 26.6 Å². The lowest BCUT2D eigenvalue weighted by molar-refractivity contribution is 0.141. The zero-order valence-corrected chi connectivity index (χ0v) is 22.5. The molecule has 2 aromatic rings. The summed E-state index contributed by atoms with van der Waals surface area (Å²) in [7, 11) is 3.27. The Morgan fingerprint density at radius 2 is 0.806 bits per heavy atom. The van der Waals surface area contributed by atoms with Crippen molar-refractivity contribution in [2.24, 2.45) is 0 Å². The first kappa shape index (κ1) is 29.0. The topological polar surface area (TPSA) is 55.4 Å². The van der Waals surface area contributed by atoms with Crippen LogP contribution in [0, 0.1) is 23.9 Å². The molecule has 0 amide bonds. The van der Waals surface area contributed by atoms with Crippen LogP contribution in [0.3, 0.4) is 0 Å². The van der Waals surface area contributed by atoms with E-state index in [2.05, 4.69) is 71.8 Å². The number of rotatable bonds is 8. The molecule has 0 aromatic heterocycles. The van der Waals surface area contributed by atoms with Crippen molar-refractivity contribution in [1.82, 2.24) is 0 Å². The van der Waals surface area contributed by atoms with Gasteiger partial charge in [0.2, 0.25) is 0 Å². The lowest BCUT2D eigenvalue weighted by Gasteiger charge is -2.16. The van der Waals surface area contributed by atoms with Crippen LogP contribution in [0.1, 0.15) is 0 Å². The molecule has 31 heavy (non-hydrogen) atoms. The second kappa shape index (κ2) is 16.6. The van der Waals surface area contributed by atoms with Gasteiger partial charge in [0.25, 0.3) is 0 Å². The van der Waals surface area contributed by atoms with Crippen molar-refractivity contribution >= 4 is 37.5 Å². The quantitative estimate of drug-likeness (QED) is 0.417. The summed E-state index contributed by atoms with van der Waals surface area (Å²) in [6, 6.07) is 21.5. The van der Waals surface area contributed by atoms with Crippen LogP contribution < -0.4 is 10.4 Å². The molecule has 0 heterocycles. The molecule has 0 atom stereocenters. The molecule has 0 N–H and O–H groups in total. The zero-order chi connectivity index (χ0) is 23.6. The Balaban J connectivity index is 0.000000452. The van der Waals surface area contributed by atoms with E-state index in [1.807, 2.05) is 0 Å². The largest absolute Gasteiger partial charge is 0.590 e. The Hall–Kier alpha value is -2.03. The standard InChI is InChI=1S/C12H12Si.2C5H10O3Si/c1-3-7-11(8-4-1)13-12-9-5-2-6-10-12;2*1-5-9(6-2,7-3)8-4/h1-10H,13H2;2*1H,2-4H3. The van der Waals surface area contributed by atoms with Gasteiger partial charge in [0.15, 0.2) is 0 Å². The van der Waals surface area contributed by atoms with Gasteiger partial charge in [-0.3, -0.25) is 0 Å². The van der Waals surface area contributed by atoms with Crippen molar-refractivity contribution in [3.8, 4) is 23.9 Å². The Morgan fingerprint density at radius 1 is 0.548 bits per heavy atom. The average molecular weight is 477 g/mol. The molecule has 2 aromatic carbocycles. The summed E-state index contributed by atoms with van der Waals surface area (Å²) in [5.41, 5.74) is 4.67. The highest BCUT2D eigenvalue weighted by Gasteiger charge is 2.36. The van der Waals surface area contributed by atoms with Gasteiger partial charge >= 0.3 is 17.6 Å². The predicted molar refractivity (Wildman–Crippen MR) is 132 cm³/mol. The summed E-state index contributed by atoms with van der Waals surface area (Å²) in [5, 5.41) is 3.02. The zero-order valence-electron chi connectivity index (χ0n) is 19.1. The van der Waals surface area contributed by atoms with Gasteiger partial charge in [-0.2, -0.15) is 0 Å². The van der Waals surface area contributed by atoms with Crippen LogP contribution in [0.5, 0.6) is 0 Å². The van der Waals surface area contributed by atoms with Crippen molar-refractivity contribution in [3.63, 3.8) is 0 Å². The van der Waals surface area contributed by atoms with E-state index in [4.69, 9.17) is 39.4 Å². The third-order valence-electron chi connectivity index (χ3n) is 4.06. The molecule has 0 bridgehead atoms. The molecule has 0 spiro atoms. The minimum Gasteiger partial charge on any atom is -0.367 e. The fraction of sp³-hybridized carbons (Fsp3) is 0.273. The van der Waals surface area contributed by atoms with Crippen LogP contribution in [0.2, 0.25) is 0 Å². The molecular formula is C22H32O6Si3. The van der Waals surface area contributed by atoms with Crippen LogP contribution in [-0.4, -0.2) is 69.8 Å². The molecule has 0 radical (unpaired) electrons. The fourth-order valence-corrected chi connectivity index (χ4v) is 5.48. The maximum Gasteiger partial charge on any atom is 0.590 e. The fourth-order valence-electron chi connectivity index (χ4n) is 2.28. The first-order valence-corrected chi connectivity index (χ1v) is 14.1. The highest BCUT2D eigenvalue weighted by Crippen LogP contribution is 2.02. The number of benzene rings is 2. The van der Waals surface area contributed by atoms with E-state index >= 15 is 0 Å². The van der Waals surface area contributed by atoms with Crippen molar-refractivity contribution in [3.05, 3.63) is 60.7 Å². The molecule has 9 heteroatoms. The monoisotopic (exact) mass is 476 g/mol. The second-order valence-electron chi connectivity index (χ2n) is 5.77. The van der Waals surface area contributed by atoms with E-state index in [0.717, 1.165) is 0 Å². The molecule has 0 aliphatic rings. The summed E-state index contributed by atoms with van der Waals surface area (Å²) >= 11 is 0. The highest BCUT2D eigenvalue weighted by molar-refractivity contribution is 6.69. The molecule has 6 nitrogen and oxygen atoms in total. The van der Waals surface area contributed by atoms with E-state index in [9.17, 15) is 0 Å². The van der Waals surface area contributed by atoms with E-state index in [1.54, 1.807) is 0 Å². The minimum atomic E-state index is -2.66. The van der Waals surface area contributed by atoms with Gasteiger partial charge in [0.05, 0.1) is 9.52 Å². The molecule has 0 saturated carbocycles. The van der Waals surface area contributed by atoms with Crippen molar-refractivity contribution in [2.45, 2.75) is 0 Å². The van der Waals surface area contributed by atoms with Gasteiger partial charge in [-0.15, -0.1) is 12.8 Å². The summed E-state index contributed by atoms with van der Waals surface area (Å²) in [6.45, 7) is 0. The van der Waals surface area contributed by atoms with Crippen LogP contribution >= 0.6 is 0 Å². The summed E-state index contributed by atoms with van der Waals surface area (Å²) in [6.07, 6.45) is 10.2. The lowest BCUT2D eigenvalue weighted by atomic mass is 10.4. The highest BCUT2D eigenvalue weighted by atomic mass is 28.4. The number of terminal acetylenes is 2. The van der Waals surface area contributed by atoms with Gasteiger partial charge in [0.1, 0.15) is 0 Å². The minimum absolute atomic E-state index is 0.234. The van der Waals surface area contributed by atoms with E-state index in [-0.39, 0.29) is 9.52 Å². The molecule has 0 saturated heterocycles. The van der Waals surface area contributed by atoms with Gasteiger partial charge in [0, 0.05) is 42.7 Å². The molecule has 168 valence electrons. The Bertz CT molecular complexity index is 698. The SMILES string of the molecule is C#C[Si](OC)(OC)OC.C#C[Si](OC)(OC)OC.c1ccc([SiH2]c2ccccc2)cc1. The average Bonchev–Trinajstić information content (AvgIpc) is 2.85. The van der Waals surface area contributed by atoms with Crippen molar-refractivity contribution in [2.75, 3.05) is 42.7 Å². The summed E-state index contributed by atoms with van der Waals surface area (Å²) in [5.74, 6) is 0. The van der Waals surface area contributed by atoms with E-state index in [0.29, 0.717) is 0 Å².